The van der Waals surface area contributed by atoms with E-state index in [4.69, 9.17) is 14.5 Å². The Morgan fingerprint density at radius 3 is 2.69 bits per heavy atom. The largest absolute Gasteiger partial charge is 0.472 e. The van der Waals surface area contributed by atoms with Crippen LogP contribution in [0.2, 0.25) is 0 Å². The zero-order chi connectivity index (χ0) is 20.6. The molecule has 0 aliphatic carbocycles. The van der Waals surface area contributed by atoms with E-state index in [1.165, 1.54) is 5.56 Å². The molecule has 2 aliphatic rings. The molecule has 4 heterocycles. The average Bonchev–Trinajstić information content (AvgIpc) is 3.29. The summed E-state index contributed by atoms with van der Waals surface area (Å²) < 4.78 is 13.7. The molecule has 0 saturated carbocycles. The predicted octanol–water partition coefficient (Wildman–Crippen LogP) is 3.56. The first-order valence-electron chi connectivity index (χ1n) is 10.6. The van der Waals surface area contributed by atoms with E-state index in [0.29, 0.717) is 18.0 Å². The number of hydrogen-bond acceptors (Lipinski definition) is 6. The van der Waals surface area contributed by atoms with Gasteiger partial charge in [-0.2, -0.15) is 10.1 Å². The molecule has 0 aromatic carbocycles. The molecule has 4 rings (SSSR count). The maximum Gasteiger partial charge on any atom is 0.217 e. The first kappa shape index (κ1) is 20.0. The number of ether oxygens (including phenoxy) is 2. The van der Waals surface area contributed by atoms with Crippen molar-refractivity contribution in [3.8, 4) is 5.88 Å². The number of anilines is 2. The van der Waals surface area contributed by atoms with Gasteiger partial charge in [-0.25, -0.2) is 0 Å². The third-order valence-electron chi connectivity index (χ3n) is 5.54. The van der Waals surface area contributed by atoms with Gasteiger partial charge in [-0.05, 0) is 40.5 Å². The maximum atomic E-state index is 6.20. The highest BCUT2D eigenvalue weighted by molar-refractivity contribution is 5.60. The summed E-state index contributed by atoms with van der Waals surface area (Å²) in [7, 11) is 1.97. The van der Waals surface area contributed by atoms with Crippen LogP contribution in [0.4, 0.5) is 11.5 Å². The van der Waals surface area contributed by atoms with Crippen LogP contribution in [0.3, 0.4) is 0 Å². The van der Waals surface area contributed by atoms with E-state index < -0.39 is 0 Å². The Labute approximate surface area is 173 Å². The second-order valence-electron chi connectivity index (χ2n) is 9.15. The smallest absolute Gasteiger partial charge is 0.217 e. The summed E-state index contributed by atoms with van der Waals surface area (Å²) in [6.07, 6.45) is 6.35. The molecule has 2 atom stereocenters. The lowest BCUT2D eigenvalue weighted by Crippen LogP contribution is -2.43. The van der Waals surface area contributed by atoms with Crippen molar-refractivity contribution in [2.75, 3.05) is 36.1 Å². The zero-order valence-corrected chi connectivity index (χ0v) is 18.3. The van der Waals surface area contributed by atoms with Gasteiger partial charge in [0.25, 0.3) is 0 Å². The highest BCUT2D eigenvalue weighted by Crippen LogP contribution is 2.38. The summed E-state index contributed by atoms with van der Waals surface area (Å²) in [5, 5.41) is 4.38. The van der Waals surface area contributed by atoms with Gasteiger partial charge in [0, 0.05) is 55.8 Å². The van der Waals surface area contributed by atoms with Gasteiger partial charge in [-0.3, -0.25) is 4.68 Å². The van der Waals surface area contributed by atoms with Crippen molar-refractivity contribution in [3.05, 3.63) is 30.1 Å². The first-order chi connectivity index (χ1) is 13.8. The molecule has 2 aromatic rings. The molecule has 2 aliphatic heterocycles. The summed E-state index contributed by atoms with van der Waals surface area (Å²) >= 11 is 0. The van der Waals surface area contributed by atoms with E-state index in [0.717, 1.165) is 50.7 Å². The van der Waals surface area contributed by atoms with Gasteiger partial charge in [-0.1, -0.05) is 0 Å². The van der Waals surface area contributed by atoms with E-state index in [1.807, 2.05) is 17.9 Å². The maximum absolute atomic E-state index is 6.20. The molecule has 2 aromatic heterocycles. The van der Waals surface area contributed by atoms with Crippen molar-refractivity contribution in [2.45, 2.75) is 58.2 Å². The fourth-order valence-electron chi connectivity index (χ4n) is 4.27. The summed E-state index contributed by atoms with van der Waals surface area (Å²) in [4.78, 5) is 9.73. The standard InChI is InChI=1S/C22H33N5O2/c1-16-15-28-10-9-26(16)18-11-20(24-21(12-18)29-22(2,3)4)27-8-6-7-19(27)17-13-23-25(5)14-17/h11-14,16,19H,6-10,15H2,1-5H3. The number of nitrogens with zero attached hydrogens (tertiary/aromatic N) is 5. The number of morpholine rings is 1. The monoisotopic (exact) mass is 399 g/mol. The van der Waals surface area contributed by atoms with Crippen molar-refractivity contribution in [2.24, 2.45) is 7.05 Å². The van der Waals surface area contributed by atoms with Crippen LogP contribution < -0.4 is 14.5 Å². The van der Waals surface area contributed by atoms with Crippen molar-refractivity contribution < 1.29 is 9.47 Å². The topological polar surface area (TPSA) is 55.7 Å². The van der Waals surface area contributed by atoms with E-state index >= 15 is 0 Å². The van der Waals surface area contributed by atoms with Gasteiger partial charge in [-0.15, -0.1) is 0 Å². The average molecular weight is 400 g/mol. The SMILES string of the molecule is CC1COCCN1c1cc(OC(C)(C)C)nc(N2CCCC2c2cnn(C)c2)c1. The van der Waals surface area contributed by atoms with Crippen LogP contribution in [0.1, 0.15) is 52.1 Å². The van der Waals surface area contributed by atoms with Gasteiger partial charge in [0.1, 0.15) is 11.4 Å². The second-order valence-corrected chi connectivity index (χ2v) is 9.15. The quantitative estimate of drug-likeness (QED) is 0.784. The number of aryl methyl sites for hydroxylation is 1. The van der Waals surface area contributed by atoms with E-state index in [9.17, 15) is 0 Å². The molecule has 7 nitrogen and oxygen atoms in total. The molecule has 158 valence electrons. The van der Waals surface area contributed by atoms with Crippen LogP contribution in [-0.2, 0) is 11.8 Å². The summed E-state index contributed by atoms with van der Waals surface area (Å²) in [5.74, 6) is 1.66. The number of pyridine rings is 1. The Bertz CT molecular complexity index is 844. The highest BCUT2D eigenvalue weighted by atomic mass is 16.5. The molecule has 2 fully saturated rings. The lowest BCUT2D eigenvalue weighted by atomic mass is 10.1. The molecule has 0 radical (unpaired) electrons. The zero-order valence-electron chi connectivity index (χ0n) is 18.3. The normalized spacial score (nSPS) is 22.9. The van der Waals surface area contributed by atoms with Crippen LogP contribution in [0.15, 0.2) is 24.5 Å². The lowest BCUT2D eigenvalue weighted by Gasteiger charge is -2.36. The van der Waals surface area contributed by atoms with Gasteiger partial charge < -0.3 is 19.3 Å². The Morgan fingerprint density at radius 1 is 1.17 bits per heavy atom. The van der Waals surface area contributed by atoms with Crippen molar-refractivity contribution in [1.82, 2.24) is 14.8 Å². The fourth-order valence-corrected chi connectivity index (χ4v) is 4.27. The van der Waals surface area contributed by atoms with Crippen LogP contribution in [0, 0.1) is 0 Å². The summed E-state index contributed by atoms with van der Waals surface area (Å²) in [6.45, 7) is 11.8. The Morgan fingerprint density at radius 2 is 2.00 bits per heavy atom. The molecule has 2 unspecified atom stereocenters. The summed E-state index contributed by atoms with van der Waals surface area (Å²) in [5.41, 5.74) is 2.10. The molecule has 0 bridgehead atoms. The Kier molecular flexibility index (Phi) is 5.42. The molecule has 0 N–H and O–H groups in total. The molecule has 2 saturated heterocycles. The van der Waals surface area contributed by atoms with Crippen LogP contribution in [0.25, 0.3) is 0 Å². The van der Waals surface area contributed by atoms with Crippen molar-refractivity contribution in [3.63, 3.8) is 0 Å². The van der Waals surface area contributed by atoms with Crippen LogP contribution >= 0.6 is 0 Å². The molecular weight excluding hydrogens is 366 g/mol. The Hall–Kier alpha value is -2.28. The van der Waals surface area contributed by atoms with Crippen molar-refractivity contribution in [1.29, 1.82) is 0 Å². The lowest BCUT2D eigenvalue weighted by molar-refractivity contribution is 0.0986. The fraction of sp³-hybridized carbons (Fsp3) is 0.636. The minimum atomic E-state index is -0.298. The molecule has 29 heavy (non-hydrogen) atoms. The van der Waals surface area contributed by atoms with Gasteiger partial charge >= 0.3 is 0 Å². The van der Waals surface area contributed by atoms with Gasteiger partial charge in [0.05, 0.1) is 25.5 Å². The van der Waals surface area contributed by atoms with E-state index in [2.05, 4.69) is 60.9 Å². The number of rotatable bonds is 4. The summed E-state index contributed by atoms with van der Waals surface area (Å²) in [6, 6.07) is 4.92. The molecule has 0 amide bonds. The van der Waals surface area contributed by atoms with Crippen molar-refractivity contribution >= 4 is 11.5 Å². The number of hydrogen-bond donors (Lipinski definition) is 0. The van der Waals surface area contributed by atoms with Gasteiger partial charge in [0.15, 0.2) is 0 Å². The molecule has 7 heteroatoms. The minimum Gasteiger partial charge on any atom is -0.472 e. The molecule has 0 spiro atoms. The van der Waals surface area contributed by atoms with E-state index in [-0.39, 0.29) is 5.60 Å². The van der Waals surface area contributed by atoms with Gasteiger partial charge in [0.2, 0.25) is 5.88 Å². The third kappa shape index (κ3) is 4.50. The second kappa shape index (κ2) is 7.86. The number of aromatic nitrogens is 3. The predicted molar refractivity (Wildman–Crippen MR) is 115 cm³/mol. The van der Waals surface area contributed by atoms with E-state index in [1.54, 1.807) is 0 Å². The highest BCUT2D eigenvalue weighted by Gasteiger charge is 2.30. The minimum absolute atomic E-state index is 0.298. The third-order valence-corrected chi connectivity index (χ3v) is 5.54. The molecular formula is C22H33N5O2. The first-order valence-corrected chi connectivity index (χ1v) is 10.6. The Balaban J connectivity index is 1.71. The van der Waals surface area contributed by atoms with Crippen LogP contribution in [0.5, 0.6) is 5.88 Å². The van der Waals surface area contributed by atoms with Crippen LogP contribution in [-0.4, -0.2) is 52.7 Å².